The van der Waals surface area contributed by atoms with E-state index in [2.05, 4.69) is 10.3 Å². The highest BCUT2D eigenvalue weighted by atomic mass is 16.6. The molecule has 8 nitrogen and oxygen atoms in total. The average molecular weight is 349 g/mol. The summed E-state index contributed by atoms with van der Waals surface area (Å²) in [4.78, 5) is 42.1. The predicted octanol–water partition coefficient (Wildman–Crippen LogP) is 1.42. The molecule has 2 atom stereocenters. The van der Waals surface area contributed by atoms with Crippen LogP contribution in [0.5, 0.6) is 0 Å². The van der Waals surface area contributed by atoms with E-state index in [0.717, 1.165) is 0 Å². The molecule has 1 N–H and O–H groups in total. The van der Waals surface area contributed by atoms with Crippen molar-refractivity contribution < 1.29 is 23.9 Å². The maximum atomic E-state index is 12.5. The standard InChI is InChI=1S/C17H23N3O5/c1-17(2,3)25-16(23)20-10-8-12(20)14(21)19-13(15(22)24-4)11-7-5-6-9-18-11/h5-7,9,12-13H,8,10H2,1-4H3,(H,19,21)/t12-,13+/m1/s1. The van der Waals surface area contributed by atoms with Crippen LogP contribution in [0.3, 0.4) is 0 Å². The van der Waals surface area contributed by atoms with Crippen molar-refractivity contribution in [2.24, 2.45) is 0 Å². The topological polar surface area (TPSA) is 97.8 Å². The van der Waals surface area contributed by atoms with E-state index >= 15 is 0 Å². The number of ether oxygens (including phenoxy) is 2. The Hall–Kier alpha value is -2.64. The van der Waals surface area contributed by atoms with Gasteiger partial charge in [-0.15, -0.1) is 0 Å². The maximum absolute atomic E-state index is 12.5. The molecule has 25 heavy (non-hydrogen) atoms. The highest BCUT2D eigenvalue weighted by Gasteiger charge is 2.41. The fourth-order valence-electron chi connectivity index (χ4n) is 2.36. The number of hydrogen-bond donors (Lipinski definition) is 1. The van der Waals surface area contributed by atoms with Crippen molar-refractivity contribution in [3.8, 4) is 0 Å². The van der Waals surface area contributed by atoms with E-state index in [4.69, 9.17) is 9.47 Å². The number of amides is 2. The van der Waals surface area contributed by atoms with Crippen LogP contribution >= 0.6 is 0 Å². The van der Waals surface area contributed by atoms with Crippen molar-refractivity contribution in [2.75, 3.05) is 13.7 Å². The molecule has 1 aromatic heterocycles. The Labute approximate surface area is 146 Å². The van der Waals surface area contributed by atoms with Gasteiger partial charge in [-0.1, -0.05) is 6.07 Å². The summed E-state index contributed by atoms with van der Waals surface area (Å²) in [6.45, 7) is 5.70. The first kappa shape index (κ1) is 18.7. The van der Waals surface area contributed by atoms with Gasteiger partial charge in [0.25, 0.3) is 0 Å². The number of likely N-dealkylation sites (tertiary alicyclic amines) is 1. The highest BCUT2D eigenvalue weighted by Crippen LogP contribution is 2.22. The number of aromatic nitrogens is 1. The van der Waals surface area contributed by atoms with Gasteiger partial charge in [-0.25, -0.2) is 9.59 Å². The molecule has 0 bridgehead atoms. The molecule has 8 heteroatoms. The molecule has 0 saturated carbocycles. The number of hydrogen-bond acceptors (Lipinski definition) is 6. The summed E-state index contributed by atoms with van der Waals surface area (Å²) < 4.78 is 10.0. The molecule has 0 unspecified atom stereocenters. The molecule has 1 aliphatic heterocycles. The average Bonchev–Trinajstić information content (AvgIpc) is 2.49. The van der Waals surface area contributed by atoms with Crippen molar-refractivity contribution in [1.29, 1.82) is 0 Å². The van der Waals surface area contributed by atoms with Crippen molar-refractivity contribution in [2.45, 2.75) is 44.9 Å². The van der Waals surface area contributed by atoms with Gasteiger partial charge in [0.2, 0.25) is 5.91 Å². The maximum Gasteiger partial charge on any atom is 0.410 e. The predicted molar refractivity (Wildman–Crippen MR) is 88.5 cm³/mol. The number of carbonyl (C=O) groups is 3. The van der Waals surface area contributed by atoms with E-state index < -0.39 is 35.7 Å². The third-order valence-electron chi connectivity index (χ3n) is 3.66. The van der Waals surface area contributed by atoms with Gasteiger partial charge in [-0.3, -0.25) is 14.7 Å². The lowest BCUT2D eigenvalue weighted by atomic mass is 10.0. The summed E-state index contributed by atoms with van der Waals surface area (Å²) in [6.07, 6.45) is 1.47. The van der Waals surface area contributed by atoms with Crippen LogP contribution < -0.4 is 5.32 Å². The number of esters is 1. The quantitative estimate of drug-likeness (QED) is 0.826. The van der Waals surface area contributed by atoms with E-state index in [0.29, 0.717) is 18.7 Å². The van der Waals surface area contributed by atoms with Gasteiger partial charge in [-0.05, 0) is 39.3 Å². The Kier molecular flexibility index (Phi) is 5.61. The van der Waals surface area contributed by atoms with Crippen LogP contribution in [0.1, 0.15) is 38.9 Å². The minimum Gasteiger partial charge on any atom is -0.467 e. The smallest absolute Gasteiger partial charge is 0.410 e. The highest BCUT2D eigenvalue weighted by molar-refractivity contribution is 5.91. The number of methoxy groups -OCH3 is 1. The Morgan fingerprint density at radius 2 is 2.04 bits per heavy atom. The summed E-state index contributed by atoms with van der Waals surface area (Å²) in [5.41, 5.74) is -0.276. The monoisotopic (exact) mass is 349 g/mol. The second kappa shape index (κ2) is 7.50. The molecule has 1 saturated heterocycles. The summed E-state index contributed by atoms with van der Waals surface area (Å²) in [5, 5.41) is 2.61. The number of nitrogens with one attached hydrogen (secondary N) is 1. The van der Waals surface area contributed by atoms with Crippen LogP contribution in [0, 0.1) is 0 Å². The van der Waals surface area contributed by atoms with Crippen LogP contribution in [0.4, 0.5) is 4.79 Å². The van der Waals surface area contributed by atoms with Gasteiger partial charge in [-0.2, -0.15) is 0 Å². The fraction of sp³-hybridized carbons (Fsp3) is 0.529. The van der Waals surface area contributed by atoms with Crippen molar-refractivity contribution in [1.82, 2.24) is 15.2 Å². The third-order valence-corrected chi connectivity index (χ3v) is 3.66. The van der Waals surface area contributed by atoms with E-state index in [1.165, 1.54) is 18.2 Å². The zero-order valence-corrected chi connectivity index (χ0v) is 14.8. The zero-order chi connectivity index (χ0) is 18.6. The lowest BCUT2D eigenvalue weighted by molar-refractivity contribution is -0.146. The molecular formula is C17H23N3O5. The molecule has 1 aromatic rings. The van der Waals surface area contributed by atoms with Gasteiger partial charge in [0.15, 0.2) is 6.04 Å². The molecule has 136 valence electrons. The van der Waals surface area contributed by atoms with Crippen molar-refractivity contribution in [3.05, 3.63) is 30.1 Å². The second-order valence-corrected chi connectivity index (χ2v) is 6.70. The SMILES string of the molecule is COC(=O)[C@@H](NC(=O)[C@H]1CCN1C(=O)OC(C)(C)C)c1ccccn1. The summed E-state index contributed by atoms with van der Waals surface area (Å²) >= 11 is 0. The van der Waals surface area contributed by atoms with Crippen LogP contribution in [-0.4, -0.2) is 53.2 Å². The van der Waals surface area contributed by atoms with Crippen LogP contribution in [0.15, 0.2) is 24.4 Å². The Balaban J connectivity index is 2.06. The molecule has 0 aliphatic carbocycles. The first-order valence-electron chi connectivity index (χ1n) is 8.01. The number of carbonyl (C=O) groups excluding carboxylic acids is 3. The molecule has 2 heterocycles. The number of rotatable bonds is 4. The number of nitrogens with zero attached hydrogens (tertiary/aromatic N) is 2. The molecule has 2 amide bonds. The van der Waals surface area contributed by atoms with Gasteiger partial charge in [0, 0.05) is 12.7 Å². The van der Waals surface area contributed by atoms with Crippen LogP contribution in [-0.2, 0) is 19.1 Å². The summed E-state index contributed by atoms with van der Waals surface area (Å²) in [7, 11) is 1.24. The van der Waals surface area contributed by atoms with Gasteiger partial charge < -0.3 is 14.8 Å². The van der Waals surface area contributed by atoms with E-state index in [1.54, 1.807) is 39.0 Å². The van der Waals surface area contributed by atoms with Crippen LogP contribution in [0.2, 0.25) is 0 Å². The van der Waals surface area contributed by atoms with Gasteiger partial charge in [0.05, 0.1) is 12.8 Å². The largest absolute Gasteiger partial charge is 0.467 e. The first-order chi connectivity index (χ1) is 11.7. The first-order valence-corrected chi connectivity index (χ1v) is 8.01. The minimum absolute atomic E-state index is 0.367. The van der Waals surface area contributed by atoms with Gasteiger partial charge >= 0.3 is 12.1 Å². The van der Waals surface area contributed by atoms with Gasteiger partial charge in [0.1, 0.15) is 11.6 Å². The molecule has 0 aromatic carbocycles. The zero-order valence-electron chi connectivity index (χ0n) is 14.8. The normalized spacial score (nSPS) is 17.9. The minimum atomic E-state index is -1.03. The molecule has 2 rings (SSSR count). The summed E-state index contributed by atoms with van der Waals surface area (Å²) in [6, 6.07) is 3.33. The Bertz CT molecular complexity index is 641. The lowest BCUT2D eigenvalue weighted by Crippen LogP contribution is -2.59. The Morgan fingerprint density at radius 3 is 2.52 bits per heavy atom. The molecule has 0 spiro atoms. The molecule has 1 fully saturated rings. The lowest BCUT2D eigenvalue weighted by Gasteiger charge is -2.40. The van der Waals surface area contributed by atoms with Crippen molar-refractivity contribution >= 4 is 18.0 Å². The summed E-state index contributed by atoms with van der Waals surface area (Å²) in [5.74, 6) is -1.08. The number of pyridine rings is 1. The molecular weight excluding hydrogens is 326 g/mol. The van der Waals surface area contributed by atoms with Crippen LogP contribution in [0.25, 0.3) is 0 Å². The van der Waals surface area contributed by atoms with Crippen molar-refractivity contribution in [3.63, 3.8) is 0 Å². The van der Waals surface area contributed by atoms with E-state index in [1.807, 2.05) is 0 Å². The second-order valence-electron chi connectivity index (χ2n) is 6.70. The Morgan fingerprint density at radius 1 is 1.32 bits per heavy atom. The molecule has 0 radical (unpaired) electrons. The molecule has 1 aliphatic rings. The van der Waals surface area contributed by atoms with E-state index in [-0.39, 0.29) is 0 Å². The third kappa shape index (κ3) is 4.68. The van der Waals surface area contributed by atoms with E-state index in [9.17, 15) is 14.4 Å². The fourth-order valence-corrected chi connectivity index (χ4v) is 2.36.